The van der Waals surface area contributed by atoms with Gasteiger partial charge in [0.05, 0.1) is 0 Å². The molecular weight excluding hydrogens is 208 g/mol. The van der Waals surface area contributed by atoms with Gasteiger partial charge < -0.3 is 5.32 Å². The van der Waals surface area contributed by atoms with Crippen LogP contribution in [-0.2, 0) is 0 Å². The third-order valence-corrected chi connectivity index (χ3v) is 5.23. The first-order chi connectivity index (χ1) is 8.15. The molecule has 2 saturated carbocycles. The first-order valence-electron chi connectivity index (χ1n) is 7.65. The van der Waals surface area contributed by atoms with Crippen LogP contribution in [0.1, 0.15) is 58.8 Å². The van der Waals surface area contributed by atoms with E-state index in [-0.39, 0.29) is 0 Å². The fourth-order valence-electron chi connectivity index (χ4n) is 3.78. The van der Waals surface area contributed by atoms with Gasteiger partial charge in [-0.15, -0.1) is 0 Å². The first-order valence-corrected chi connectivity index (χ1v) is 7.65. The largest absolute Gasteiger partial charge is 0.309 e. The molecule has 1 heterocycles. The lowest BCUT2D eigenvalue weighted by Gasteiger charge is -2.40. The van der Waals surface area contributed by atoms with Gasteiger partial charge >= 0.3 is 0 Å². The van der Waals surface area contributed by atoms with Crippen molar-refractivity contribution in [3.8, 4) is 0 Å². The van der Waals surface area contributed by atoms with E-state index in [1.807, 2.05) is 0 Å². The number of nitrogens with one attached hydrogen (secondary N) is 1. The molecule has 0 aromatic heterocycles. The summed E-state index contributed by atoms with van der Waals surface area (Å²) in [6.07, 6.45) is 9.97. The van der Waals surface area contributed by atoms with Crippen LogP contribution in [0.2, 0.25) is 0 Å². The molecule has 1 saturated heterocycles. The monoisotopic (exact) mass is 236 g/mol. The summed E-state index contributed by atoms with van der Waals surface area (Å²) < 4.78 is 0. The Balaban J connectivity index is 1.52. The zero-order valence-electron chi connectivity index (χ0n) is 11.5. The molecule has 0 aromatic carbocycles. The SMILES string of the molecule is CC1(C)CCCCC1NC1CCN(C2CC2)C1. The van der Waals surface area contributed by atoms with Crippen molar-refractivity contribution in [3.63, 3.8) is 0 Å². The standard InChI is InChI=1S/C15H28N2/c1-15(2)9-4-3-5-14(15)16-12-8-10-17(11-12)13-6-7-13/h12-14,16H,3-11H2,1-2H3. The van der Waals surface area contributed by atoms with Crippen LogP contribution in [0, 0.1) is 5.41 Å². The highest BCUT2D eigenvalue weighted by Crippen LogP contribution is 2.36. The fraction of sp³-hybridized carbons (Fsp3) is 1.00. The summed E-state index contributed by atoms with van der Waals surface area (Å²) in [7, 11) is 0. The van der Waals surface area contributed by atoms with Gasteiger partial charge in [0.1, 0.15) is 0 Å². The highest BCUT2D eigenvalue weighted by Gasteiger charge is 2.38. The van der Waals surface area contributed by atoms with E-state index in [1.165, 1.54) is 58.0 Å². The predicted octanol–water partition coefficient (Wildman–Crippen LogP) is 2.78. The van der Waals surface area contributed by atoms with Gasteiger partial charge in [-0.25, -0.2) is 0 Å². The second kappa shape index (κ2) is 4.55. The second-order valence-electron chi connectivity index (χ2n) is 7.17. The van der Waals surface area contributed by atoms with Gasteiger partial charge in [-0.05, 0) is 37.5 Å². The van der Waals surface area contributed by atoms with Crippen LogP contribution < -0.4 is 5.32 Å². The van der Waals surface area contributed by atoms with Crippen LogP contribution >= 0.6 is 0 Å². The van der Waals surface area contributed by atoms with Gasteiger partial charge in [-0.3, -0.25) is 4.90 Å². The van der Waals surface area contributed by atoms with Crippen LogP contribution in [0.4, 0.5) is 0 Å². The van der Waals surface area contributed by atoms with Gasteiger partial charge in [-0.1, -0.05) is 26.7 Å². The number of likely N-dealkylation sites (tertiary alicyclic amines) is 1. The minimum absolute atomic E-state index is 0.519. The number of nitrogens with zero attached hydrogens (tertiary/aromatic N) is 1. The average molecular weight is 236 g/mol. The van der Waals surface area contributed by atoms with Crippen molar-refractivity contribution < 1.29 is 0 Å². The van der Waals surface area contributed by atoms with Crippen molar-refractivity contribution in [2.24, 2.45) is 5.41 Å². The molecule has 0 spiro atoms. The van der Waals surface area contributed by atoms with Crippen molar-refractivity contribution in [2.75, 3.05) is 13.1 Å². The maximum absolute atomic E-state index is 3.98. The molecule has 2 unspecified atom stereocenters. The molecule has 2 nitrogen and oxygen atoms in total. The van der Waals surface area contributed by atoms with E-state index < -0.39 is 0 Å². The Morgan fingerprint density at radius 3 is 2.59 bits per heavy atom. The summed E-state index contributed by atoms with van der Waals surface area (Å²) in [5.41, 5.74) is 0.519. The summed E-state index contributed by atoms with van der Waals surface area (Å²) in [6.45, 7) is 7.57. The van der Waals surface area contributed by atoms with Gasteiger partial charge in [0.2, 0.25) is 0 Å². The Morgan fingerprint density at radius 1 is 1.06 bits per heavy atom. The third kappa shape index (κ3) is 2.68. The second-order valence-corrected chi connectivity index (χ2v) is 7.17. The first kappa shape index (κ1) is 12.0. The lowest BCUT2D eigenvalue weighted by Crippen LogP contribution is -2.49. The van der Waals surface area contributed by atoms with E-state index in [0.717, 1.165) is 18.1 Å². The van der Waals surface area contributed by atoms with E-state index in [2.05, 4.69) is 24.1 Å². The third-order valence-electron chi connectivity index (χ3n) is 5.23. The van der Waals surface area contributed by atoms with Crippen molar-refractivity contribution in [1.29, 1.82) is 0 Å². The van der Waals surface area contributed by atoms with Crippen LogP contribution in [0.15, 0.2) is 0 Å². The van der Waals surface area contributed by atoms with Crippen molar-refractivity contribution in [2.45, 2.75) is 76.9 Å². The summed E-state index contributed by atoms with van der Waals surface area (Å²) in [6, 6.07) is 2.50. The molecule has 3 aliphatic rings. The van der Waals surface area contributed by atoms with Crippen LogP contribution in [0.25, 0.3) is 0 Å². The Morgan fingerprint density at radius 2 is 1.88 bits per heavy atom. The van der Waals surface area contributed by atoms with E-state index in [9.17, 15) is 0 Å². The van der Waals surface area contributed by atoms with Crippen LogP contribution in [-0.4, -0.2) is 36.1 Å². The molecular formula is C15H28N2. The summed E-state index contributed by atoms with van der Waals surface area (Å²) in [5, 5.41) is 3.98. The van der Waals surface area contributed by atoms with Crippen molar-refractivity contribution in [3.05, 3.63) is 0 Å². The molecule has 2 heteroatoms. The lowest BCUT2D eigenvalue weighted by molar-refractivity contribution is 0.154. The molecule has 0 bridgehead atoms. The fourth-order valence-corrected chi connectivity index (χ4v) is 3.78. The molecule has 1 N–H and O–H groups in total. The van der Waals surface area contributed by atoms with E-state index in [4.69, 9.17) is 0 Å². The zero-order chi connectivity index (χ0) is 11.9. The molecule has 0 radical (unpaired) electrons. The molecule has 0 aromatic rings. The average Bonchev–Trinajstić information content (AvgIpc) is 3.03. The summed E-state index contributed by atoms with van der Waals surface area (Å²) in [4.78, 5) is 2.72. The van der Waals surface area contributed by atoms with Gasteiger partial charge in [0.25, 0.3) is 0 Å². The molecule has 3 fully saturated rings. The molecule has 2 aliphatic carbocycles. The summed E-state index contributed by atoms with van der Waals surface area (Å²) >= 11 is 0. The topological polar surface area (TPSA) is 15.3 Å². The molecule has 17 heavy (non-hydrogen) atoms. The Labute approximate surface area is 106 Å². The minimum Gasteiger partial charge on any atom is -0.309 e. The highest BCUT2D eigenvalue weighted by molar-refractivity contribution is 4.95. The normalized spacial score (nSPS) is 38.5. The zero-order valence-corrected chi connectivity index (χ0v) is 11.5. The van der Waals surface area contributed by atoms with Crippen LogP contribution in [0.3, 0.4) is 0 Å². The van der Waals surface area contributed by atoms with Gasteiger partial charge in [-0.2, -0.15) is 0 Å². The Kier molecular flexibility index (Phi) is 3.20. The molecule has 2 atom stereocenters. The number of hydrogen-bond donors (Lipinski definition) is 1. The number of hydrogen-bond acceptors (Lipinski definition) is 2. The molecule has 3 rings (SSSR count). The lowest BCUT2D eigenvalue weighted by atomic mass is 9.73. The molecule has 98 valence electrons. The van der Waals surface area contributed by atoms with Gasteiger partial charge in [0.15, 0.2) is 0 Å². The maximum atomic E-state index is 3.98. The Hall–Kier alpha value is -0.0800. The van der Waals surface area contributed by atoms with Crippen LogP contribution in [0.5, 0.6) is 0 Å². The highest BCUT2D eigenvalue weighted by atomic mass is 15.2. The van der Waals surface area contributed by atoms with Crippen molar-refractivity contribution >= 4 is 0 Å². The van der Waals surface area contributed by atoms with Gasteiger partial charge in [0, 0.05) is 31.2 Å². The van der Waals surface area contributed by atoms with E-state index in [1.54, 1.807) is 0 Å². The van der Waals surface area contributed by atoms with Crippen molar-refractivity contribution in [1.82, 2.24) is 10.2 Å². The minimum atomic E-state index is 0.519. The molecule has 1 aliphatic heterocycles. The Bertz CT molecular complexity index is 270. The predicted molar refractivity (Wildman–Crippen MR) is 72.2 cm³/mol. The summed E-state index contributed by atoms with van der Waals surface area (Å²) in [5.74, 6) is 0. The van der Waals surface area contributed by atoms with E-state index >= 15 is 0 Å². The maximum Gasteiger partial charge on any atom is 0.0210 e. The van der Waals surface area contributed by atoms with E-state index in [0.29, 0.717) is 5.41 Å². The smallest absolute Gasteiger partial charge is 0.0210 e. The quantitative estimate of drug-likeness (QED) is 0.810. The molecule has 0 amide bonds. The number of rotatable bonds is 3.